The molecule has 2 N–H and O–H groups in total. The van der Waals surface area contributed by atoms with Crippen LogP contribution >= 0.6 is 0 Å². The highest BCUT2D eigenvalue weighted by atomic mass is 19.1. The highest BCUT2D eigenvalue weighted by Gasteiger charge is 2.34. The minimum Gasteiger partial charge on any atom is -0.481 e. The van der Waals surface area contributed by atoms with Crippen molar-refractivity contribution in [3.8, 4) is 0 Å². The van der Waals surface area contributed by atoms with Crippen LogP contribution in [-0.4, -0.2) is 40.3 Å². The number of aliphatic carboxylic acids is 1. The number of ether oxygens (including phenoxy) is 1. The third kappa shape index (κ3) is 2.25. The molecule has 0 aliphatic carbocycles. The zero-order valence-corrected chi connectivity index (χ0v) is 8.26. The lowest BCUT2D eigenvalue weighted by Crippen LogP contribution is -2.33. The Morgan fingerprint density at radius 1 is 1.50 bits per heavy atom. The number of carboxylic acid groups (broad SMARTS) is 1. The van der Waals surface area contributed by atoms with Gasteiger partial charge in [0.05, 0.1) is 31.6 Å². The van der Waals surface area contributed by atoms with Crippen LogP contribution in [0, 0.1) is 11.7 Å². The molecule has 1 aromatic heterocycles. The predicted octanol–water partition coefficient (Wildman–Crippen LogP) is 0.127. The Labute approximate surface area is 90.5 Å². The van der Waals surface area contributed by atoms with E-state index in [0.29, 0.717) is 0 Å². The molecule has 6 nitrogen and oxygen atoms in total. The Morgan fingerprint density at radius 2 is 2.19 bits per heavy atom. The normalized spacial score (nSPS) is 24.3. The number of hydrogen-bond donors (Lipinski definition) is 2. The van der Waals surface area contributed by atoms with E-state index in [2.05, 4.69) is 15.3 Å². The zero-order valence-electron chi connectivity index (χ0n) is 8.26. The fraction of sp³-hybridized carbons (Fsp3) is 0.444. The summed E-state index contributed by atoms with van der Waals surface area (Å²) in [5, 5.41) is 11.7. The van der Waals surface area contributed by atoms with Crippen LogP contribution in [0.5, 0.6) is 0 Å². The van der Waals surface area contributed by atoms with Crippen molar-refractivity contribution in [3.63, 3.8) is 0 Å². The molecule has 0 amide bonds. The molecule has 0 spiro atoms. The van der Waals surface area contributed by atoms with Gasteiger partial charge in [-0.15, -0.1) is 0 Å². The SMILES string of the molecule is O=C(O)C1COCC1Nc1ncc(F)cn1. The smallest absolute Gasteiger partial charge is 0.311 e. The van der Waals surface area contributed by atoms with Crippen LogP contribution in [-0.2, 0) is 9.53 Å². The van der Waals surface area contributed by atoms with Crippen LogP contribution in [0.2, 0.25) is 0 Å². The summed E-state index contributed by atoms with van der Waals surface area (Å²) in [6.07, 6.45) is 2.03. The van der Waals surface area contributed by atoms with Crippen LogP contribution in [0.15, 0.2) is 12.4 Å². The topological polar surface area (TPSA) is 84.3 Å². The van der Waals surface area contributed by atoms with Gasteiger partial charge < -0.3 is 15.2 Å². The molecular weight excluding hydrogens is 217 g/mol. The van der Waals surface area contributed by atoms with E-state index in [1.807, 2.05) is 0 Å². The number of carboxylic acids is 1. The van der Waals surface area contributed by atoms with E-state index >= 15 is 0 Å². The molecule has 2 rings (SSSR count). The molecule has 2 atom stereocenters. The van der Waals surface area contributed by atoms with Crippen molar-refractivity contribution in [2.24, 2.45) is 5.92 Å². The first-order valence-corrected chi connectivity index (χ1v) is 4.71. The number of nitrogens with zero attached hydrogens (tertiary/aromatic N) is 2. The quantitative estimate of drug-likeness (QED) is 0.763. The number of nitrogens with one attached hydrogen (secondary N) is 1. The minimum absolute atomic E-state index is 0.161. The Hall–Kier alpha value is -1.76. The third-order valence-electron chi connectivity index (χ3n) is 2.33. The van der Waals surface area contributed by atoms with Crippen LogP contribution in [0.1, 0.15) is 0 Å². The van der Waals surface area contributed by atoms with Crippen molar-refractivity contribution in [1.29, 1.82) is 0 Å². The number of aromatic nitrogens is 2. The molecule has 1 saturated heterocycles. The molecule has 0 aromatic carbocycles. The summed E-state index contributed by atoms with van der Waals surface area (Å²) < 4.78 is 17.6. The van der Waals surface area contributed by atoms with Crippen LogP contribution < -0.4 is 5.32 Å². The predicted molar refractivity (Wildman–Crippen MR) is 51.3 cm³/mol. The van der Waals surface area contributed by atoms with Crippen LogP contribution in [0.4, 0.5) is 10.3 Å². The van der Waals surface area contributed by atoms with E-state index in [1.54, 1.807) is 0 Å². The van der Waals surface area contributed by atoms with Gasteiger partial charge in [0, 0.05) is 0 Å². The van der Waals surface area contributed by atoms with Gasteiger partial charge in [-0.1, -0.05) is 0 Å². The monoisotopic (exact) mass is 227 g/mol. The second kappa shape index (κ2) is 4.40. The number of hydrogen-bond acceptors (Lipinski definition) is 5. The summed E-state index contributed by atoms with van der Waals surface area (Å²) in [5.74, 6) is -1.91. The molecule has 1 aromatic rings. The lowest BCUT2D eigenvalue weighted by molar-refractivity contribution is -0.141. The van der Waals surface area contributed by atoms with Crippen molar-refractivity contribution >= 4 is 11.9 Å². The maximum Gasteiger partial charge on any atom is 0.311 e. The molecule has 0 radical (unpaired) electrons. The van der Waals surface area contributed by atoms with E-state index in [-0.39, 0.29) is 25.2 Å². The van der Waals surface area contributed by atoms with E-state index in [9.17, 15) is 9.18 Å². The summed E-state index contributed by atoms with van der Waals surface area (Å²) in [6.45, 7) is 0.436. The summed E-state index contributed by atoms with van der Waals surface area (Å²) in [4.78, 5) is 18.2. The molecule has 86 valence electrons. The Balaban J connectivity index is 2.03. The van der Waals surface area contributed by atoms with Gasteiger partial charge in [-0.2, -0.15) is 0 Å². The fourth-order valence-electron chi connectivity index (χ4n) is 1.49. The second-order valence-corrected chi connectivity index (χ2v) is 3.46. The van der Waals surface area contributed by atoms with E-state index in [0.717, 1.165) is 12.4 Å². The maximum atomic E-state index is 12.5. The van der Waals surface area contributed by atoms with Gasteiger partial charge in [0.1, 0.15) is 5.92 Å². The van der Waals surface area contributed by atoms with E-state index < -0.39 is 17.7 Å². The van der Waals surface area contributed by atoms with Crippen molar-refractivity contribution in [2.45, 2.75) is 6.04 Å². The molecule has 7 heteroatoms. The Bertz CT molecular complexity index is 384. The van der Waals surface area contributed by atoms with Crippen molar-refractivity contribution in [1.82, 2.24) is 9.97 Å². The molecule has 2 heterocycles. The van der Waals surface area contributed by atoms with Crippen LogP contribution in [0.3, 0.4) is 0 Å². The lowest BCUT2D eigenvalue weighted by atomic mass is 10.0. The number of rotatable bonds is 3. The van der Waals surface area contributed by atoms with Gasteiger partial charge in [0.15, 0.2) is 5.82 Å². The minimum atomic E-state index is -0.933. The summed E-state index contributed by atoms with van der Waals surface area (Å²) in [6, 6.07) is -0.386. The third-order valence-corrected chi connectivity index (χ3v) is 2.33. The zero-order chi connectivity index (χ0) is 11.5. The van der Waals surface area contributed by atoms with Crippen molar-refractivity contribution < 1.29 is 19.0 Å². The number of halogens is 1. The summed E-state index contributed by atoms with van der Waals surface area (Å²) in [5.41, 5.74) is 0. The van der Waals surface area contributed by atoms with Gasteiger partial charge >= 0.3 is 5.97 Å². The first-order chi connectivity index (χ1) is 7.66. The molecule has 16 heavy (non-hydrogen) atoms. The van der Waals surface area contributed by atoms with Gasteiger partial charge in [-0.25, -0.2) is 14.4 Å². The van der Waals surface area contributed by atoms with Gasteiger partial charge in [0.25, 0.3) is 0 Å². The first-order valence-electron chi connectivity index (χ1n) is 4.71. The standard InChI is InChI=1S/C9H10FN3O3/c10-5-1-11-9(12-2-5)13-7-4-16-3-6(7)8(14)15/h1-2,6-7H,3-4H2,(H,14,15)(H,11,12,13). The molecule has 2 unspecified atom stereocenters. The van der Waals surface area contributed by atoms with Gasteiger partial charge in [0.2, 0.25) is 5.95 Å². The Morgan fingerprint density at radius 3 is 2.81 bits per heavy atom. The molecule has 1 fully saturated rings. The maximum absolute atomic E-state index is 12.5. The highest BCUT2D eigenvalue weighted by molar-refractivity contribution is 5.72. The van der Waals surface area contributed by atoms with Crippen LogP contribution in [0.25, 0.3) is 0 Å². The highest BCUT2D eigenvalue weighted by Crippen LogP contribution is 2.17. The lowest BCUT2D eigenvalue weighted by Gasteiger charge is -2.14. The fourth-order valence-corrected chi connectivity index (χ4v) is 1.49. The van der Waals surface area contributed by atoms with E-state index in [1.165, 1.54) is 0 Å². The first kappa shape index (κ1) is 10.7. The summed E-state index contributed by atoms with van der Waals surface area (Å²) in [7, 11) is 0. The largest absolute Gasteiger partial charge is 0.481 e. The van der Waals surface area contributed by atoms with E-state index in [4.69, 9.17) is 9.84 Å². The molecule has 0 saturated carbocycles. The second-order valence-electron chi connectivity index (χ2n) is 3.46. The molecule has 0 bridgehead atoms. The van der Waals surface area contributed by atoms with Gasteiger partial charge in [-0.05, 0) is 0 Å². The Kier molecular flexibility index (Phi) is 2.95. The average Bonchev–Trinajstić information content (AvgIpc) is 2.69. The number of carbonyl (C=O) groups is 1. The summed E-state index contributed by atoms with van der Waals surface area (Å²) >= 11 is 0. The van der Waals surface area contributed by atoms with Crippen molar-refractivity contribution in [3.05, 3.63) is 18.2 Å². The molecule has 1 aliphatic heterocycles. The van der Waals surface area contributed by atoms with Crippen molar-refractivity contribution in [2.75, 3.05) is 18.5 Å². The molecular formula is C9H10FN3O3. The molecule has 1 aliphatic rings. The van der Waals surface area contributed by atoms with Gasteiger partial charge in [-0.3, -0.25) is 4.79 Å². The number of anilines is 1. The average molecular weight is 227 g/mol.